The van der Waals surface area contributed by atoms with Gasteiger partial charge in [0.05, 0.1) is 11.8 Å². The van der Waals surface area contributed by atoms with Gasteiger partial charge in [-0.25, -0.2) is 4.98 Å². The van der Waals surface area contributed by atoms with Gasteiger partial charge >= 0.3 is 0 Å². The first-order chi connectivity index (χ1) is 6.27. The van der Waals surface area contributed by atoms with Gasteiger partial charge in [0.1, 0.15) is 16.7 Å². The Labute approximate surface area is 80.0 Å². The second-order valence-electron chi connectivity index (χ2n) is 2.60. The van der Waals surface area contributed by atoms with E-state index in [1.54, 1.807) is 18.2 Å². The van der Waals surface area contributed by atoms with Crippen LogP contribution in [0, 0.1) is 0 Å². The summed E-state index contributed by atoms with van der Waals surface area (Å²) < 4.78 is 0. The number of aromatic amines is 1. The molecule has 1 aromatic heterocycles. The van der Waals surface area contributed by atoms with E-state index in [0.29, 0.717) is 16.5 Å². The van der Waals surface area contributed by atoms with E-state index in [2.05, 4.69) is 9.97 Å². The van der Waals surface area contributed by atoms with E-state index in [1.165, 1.54) is 6.20 Å². The topological polar surface area (TPSA) is 48.9 Å². The molecule has 13 heavy (non-hydrogen) atoms. The first-order valence-electron chi connectivity index (χ1n) is 3.76. The average Bonchev–Trinajstić information content (AvgIpc) is 2.53. The molecule has 4 heteroatoms. The number of hydrogen-bond donors (Lipinski definition) is 2. The van der Waals surface area contributed by atoms with Crippen molar-refractivity contribution in [2.24, 2.45) is 0 Å². The molecule has 0 radical (unpaired) electrons. The predicted molar refractivity (Wildman–Crippen MR) is 50.7 cm³/mol. The number of H-pyrrole nitrogens is 1. The molecule has 0 aliphatic heterocycles. The number of aromatic nitrogens is 2. The zero-order chi connectivity index (χ0) is 9.26. The van der Waals surface area contributed by atoms with E-state index in [4.69, 9.17) is 11.6 Å². The fourth-order valence-corrected chi connectivity index (χ4v) is 1.25. The number of phenolic OH excluding ortho intramolecular Hbond substituents is 1. The molecule has 0 saturated heterocycles. The Bertz CT molecular complexity index is 425. The van der Waals surface area contributed by atoms with Crippen LogP contribution >= 0.6 is 11.6 Å². The molecule has 0 aliphatic rings. The van der Waals surface area contributed by atoms with Gasteiger partial charge in [0.2, 0.25) is 0 Å². The van der Waals surface area contributed by atoms with Crippen LogP contribution in [0.5, 0.6) is 5.75 Å². The van der Waals surface area contributed by atoms with Crippen molar-refractivity contribution in [1.29, 1.82) is 0 Å². The quantitative estimate of drug-likeness (QED) is 0.733. The minimum absolute atomic E-state index is 0.188. The van der Waals surface area contributed by atoms with Crippen LogP contribution in [0.15, 0.2) is 30.5 Å². The molecule has 1 aromatic carbocycles. The first-order valence-corrected chi connectivity index (χ1v) is 4.14. The van der Waals surface area contributed by atoms with Gasteiger partial charge in [-0.3, -0.25) is 0 Å². The highest BCUT2D eigenvalue weighted by molar-refractivity contribution is 6.29. The molecule has 0 amide bonds. The molecule has 0 spiro atoms. The van der Waals surface area contributed by atoms with Crippen LogP contribution in [0.4, 0.5) is 0 Å². The third-order valence-corrected chi connectivity index (χ3v) is 1.90. The Morgan fingerprint density at radius 1 is 1.31 bits per heavy atom. The second kappa shape index (κ2) is 3.11. The lowest BCUT2D eigenvalue weighted by Crippen LogP contribution is -1.80. The molecule has 3 nitrogen and oxygen atoms in total. The maximum Gasteiger partial charge on any atom is 0.142 e. The van der Waals surface area contributed by atoms with Gasteiger partial charge in [-0.05, 0) is 12.1 Å². The van der Waals surface area contributed by atoms with Crippen molar-refractivity contribution >= 4 is 11.6 Å². The molecule has 0 aliphatic carbocycles. The largest absolute Gasteiger partial charge is 0.507 e. The maximum absolute atomic E-state index is 9.47. The standard InChI is InChI=1S/C9H7ClN2O/c10-8-5-11-9(12-8)6-3-1-2-4-7(6)13/h1-5,13H,(H,11,12). The Morgan fingerprint density at radius 3 is 2.69 bits per heavy atom. The Kier molecular flexibility index (Phi) is 1.94. The molecule has 0 bridgehead atoms. The Hall–Kier alpha value is -1.48. The van der Waals surface area contributed by atoms with Gasteiger partial charge in [-0.2, -0.15) is 0 Å². The molecule has 2 N–H and O–H groups in total. The number of hydrogen-bond acceptors (Lipinski definition) is 2. The lowest BCUT2D eigenvalue weighted by molar-refractivity contribution is 0.477. The lowest BCUT2D eigenvalue weighted by Gasteiger charge is -1.98. The van der Waals surface area contributed by atoms with E-state index < -0.39 is 0 Å². The summed E-state index contributed by atoms with van der Waals surface area (Å²) in [5, 5.41) is 9.93. The average molecular weight is 195 g/mol. The van der Waals surface area contributed by atoms with Crippen molar-refractivity contribution in [3.8, 4) is 17.1 Å². The highest BCUT2D eigenvalue weighted by atomic mass is 35.5. The number of nitrogens with one attached hydrogen (secondary N) is 1. The fourth-order valence-electron chi connectivity index (χ4n) is 1.11. The number of benzene rings is 1. The molecule has 66 valence electrons. The summed E-state index contributed by atoms with van der Waals surface area (Å²) in [6.45, 7) is 0. The molecule has 0 unspecified atom stereocenters. The Morgan fingerprint density at radius 2 is 2.08 bits per heavy atom. The zero-order valence-electron chi connectivity index (χ0n) is 6.66. The summed E-state index contributed by atoms with van der Waals surface area (Å²) in [5.41, 5.74) is 0.648. The predicted octanol–water partition coefficient (Wildman–Crippen LogP) is 2.44. The van der Waals surface area contributed by atoms with Crippen LogP contribution in [0.1, 0.15) is 0 Å². The summed E-state index contributed by atoms with van der Waals surface area (Å²) in [6, 6.07) is 6.95. The smallest absolute Gasteiger partial charge is 0.142 e. The molecular formula is C9H7ClN2O. The number of halogens is 1. The molecule has 2 aromatic rings. The van der Waals surface area contributed by atoms with Crippen LogP contribution in [-0.4, -0.2) is 15.1 Å². The summed E-state index contributed by atoms with van der Waals surface area (Å²) >= 11 is 5.66. The van der Waals surface area contributed by atoms with E-state index >= 15 is 0 Å². The number of rotatable bonds is 1. The van der Waals surface area contributed by atoms with Gasteiger partial charge in [0.15, 0.2) is 0 Å². The van der Waals surface area contributed by atoms with Crippen LogP contribution in [0.2, 0.25) is 5.15 Å². The number of phenols is 1. The van der Waals surface area contributed by atoms with Crippen LogP contribution in [0.25, 0.3) is 11.4 Å². The summed E-state index contributed by atoms with van der Waals surface area (Å²) in [5.74, 6) is 0.761. The molecular weight excluding hydrogens is 188 g/mol. The lowest BCUT2D eigenvalue weighted by atomic mass is 10.2. The van der Waals surface area contributed by atoms with E-state index in [1.807, 2.05) is 6.07 Å². The van der Waals surface area contributed by atoms with Crippen molar-refractivity contribution in [3.63, 3.8) is 0 Å². The minimum atomic E-state index is 0.188. The number of imidazole rings is 1. The summed E-state index contributed by atoms with van der Waals surface area (Å²) in [4.78, 5) is 6.83. The molecule has 0 saturated carbocycles. The minimum Gasteiger partial charge on any atom is -0.507 e. The maximum atomic E-state index is 9.47. The highest BCUT2D eigenvalue weighted by Gasteiger charge is 2.05. The van der Waals surface area contributed by atoms with Crippen molar-refractivity contribution in [3.05, 3.63) is 35.6 Å². The van der Waals surface area contributed by atoms with Crippen molar-refractivity contribution in [2.75, 3.05) is 0 Å². The van der Waals surface area contributed by atoms with Crippen LogP contribution < -0.4 is 0 Å². The normalized spacial score (nSPS) is 10.2. The molecule has 0 fully saturated rings. The van der Waals surface area contributed by atoms with Gasteiger partial charge in [0, 0.05) is 0 Å². The number of aromatic hydroxyl groups is 1. The van der Waals surface area contributed by atoms with E-state index in [0.717, 1.165) is 0 Å². The fraction of sp³-hybridized carbons (Fsp3) is 0. The van der Waals surface area contributed by atoms with Gasteiger partial charge in [-0.1, -0.05) is 23.7 Å². The number of para-hydroxylation sites is 1. The highest BCUT2D eigenvalue weighted by Crippen LogP contribution is 2.26. The van der Waals surface area contributed by atoms with Gasteiger partial charge < -0.3 is 10.1 Å². The van der Waals surface area contributed by atoms with Gasteiger partial charge in [-0.15, -0.1) is 0 Å². The summed E-state index contributed by atoms with van der Waals surface area (Å²) in [7, 11) is 0. The third-order valence-electron chi connectivity index (χ3n) is 1.70. The Balaban J connectivity index is 2.52. The SMILES string of the molecule is Oc1ccccc1-c1ncc(Cl)[nH]1. The summed E-state index contributed by atoms with van der Waals surface area (Å²) in [6.07, 6.45) is 1.50. The second-order valence-corrected chi connectivity index (χ2v) is 3.00. The molecule has 0 atom stereocenters. The molecule has 1 heterocycles. The van der Waals surface area contributed by atoms with Crippen LogP contribution in [-0.2, 0) is 0 Å². The number of nitrogens with zero attached hydrogens (tertiary/aromatic N) is 1. The zero-order valence-corrected chi connectivity index (χ0v) is 7.42. The van der Waals surface area contributed by atoms with Crippen molar-refractivity contribution in [1.82, 2.24) is 9.97 Å². The third kappa shape index (κ3) is 1.51. The van der Waals surface area contributed by atoms with Crippen molar-refractivity contribution < 1.29 is 5.11 Å². The van der Waals surface area contributed by atoms with E-state index in [9.17, 15) is 5.11 Å². The van der Waals surface area contributed by atoms with Crippen LogP contribution in [0.3, 0.4) is 0 Å². The van der Waals surface area contributed by atoms with E-state index in [-0.39, 0.29) is 5.75 Å². The van der Waals surface area contributed by atoms with Gasteiger partial charge in [0.25, 0.3) is 0 Å². The molecule has 2 rings (SSSR count). The first kappa shape index (κ1) is 8.13. The van der Waals surface area contributed by atoms with Crippen molar-refractivity contribution in [2.45, 2.75) is 0 Å². The monoisotopic (exact) mass is 194 g/mol.